The Labute approximate surface area is 102 Å². The predicted octanol–water partition coefficient (Wildman–Crippen LogP) is 1.21. The van der Waals surface area contributed by atoms with Crippen molar-refractivity contribution in [3.63, 3.8) is 0 Å². The van der Waals surface area contributed by atoms with Crippen LogP contribution in [0.3, 0.4) is 0 Å². The molecule has 1 heterocycles. The van der Waals surface area contributed by atoms with E-state index in [0.717, 1.165) is 16.7 Å². The summed E-state index contributed by atoms with van der Waals surface area (Å²) in [6.07, 6.45) is 0. The van der Waals surface area contributed by atoms with Gasteiger partial charge in [0.2, 0.25) is 5.88 Å². The van der Waals surface area contributed by atoms with Crippen LogP contribution in [-0.2, 0) is 0 Å². The van der Waals surface area contributed by atoms with Crippen LogP contribution in [0.1, 0.15) is 12.5 Å². The van der Waals surface area contributed by atoms with Crippen molar-refractivity contribution in [3.8, 4) is 11.6 Å². The number of hydrogen-bond acceptors (Lipinski definition) is 3. The minimum atomic E-state index is 0.604. The highest BCUT2D eigenvalue weighted by molar-refractivity contribution is 6.39. The number of methoxy groups -OCH3 is 1. The van der Waals surface area contributed by atoms with Gasteiger partial charge >= 0.3 is 0 Å². The van der Waals surface area contributed by atoms with Crippen molar-refractivity contribution in [2.45, 2.75) is 13.8 Å². The molecule has 0 aliphatic carbocycles. The Hall–Kier alpha value is -1.71. The Morgan fingerprint density at radius 1 is 1.35 bits per heavy atom. The van der Waals surface area contributed by atoms with Crippen LogP contribution in [-0.4, -0.2) is 26.5 Å². The monoisotopic (exact) mass is 229 g/mol. The van der Waals surface area contributed by atoms with Gasteiger partial charge in [-0.3, -0.25) is 0 Å². The maximum absolute atomic E-state index is 5.46. The van der Waals surface area contributed by atoms with Gasteiger partial charge in [0.1, 0.15) is 13.6 Å². The zero-order chi connectivity index (χ0) is 12.4. The van der Waals surface area contributed by atoms with Gasteiger partial charge in [-0.05, 0) is 19.9 Å². The molecule has 2 aromatic rings. The zero-order valence-electron chi connectivity index (χ0n) is 10.7. The van der Waals surface area contributed by atoms with Crippen LogP contribution >= 0.6 is 0 Å². The Kier molecular flexibility index (Phi) is 3.22. The summed E-state index contributed by atoms with van der Waals surface area (Å²) in [4.78, 5) is 4.53. The standard InChI is InChI=1S/C13H16BNO2/c1-4-17-11-7-10(16-3)9-6-5-8(2)12(14)13(9)15-11/h5-7H,4,14H2,1-3H3. The molecule has 1 aromatic heterocycles. The molecule has 0 aliphatic heterocycles. The molecule has 88 valence electrons. The van der Waals surface area contributed by atoms with Crippen LogP contribution in [0, 0.1) is 6.92 Å². The molecule has 0 atom stereocenters. The normalized spacial score (nSPS) is 10.5. The SMILES string of the molecule is Bc1c(C)ccc2c(OC)cc(OCC)nc12. The van der Waals surface area contributed by atoms with Gasteiger partial charge in [0, 0.05) is 11.5 Å². The van der Waals surface area contributed by atoms with E-state index in [2.05, 4.69) is 25.8 Å². The fraction of sp³-hybridized carbons (Fsp3) is 0.308. The Morgan fingerprint density at radius 2 is 2.12 bits per heavy atom. The highest BCUT2D eigenvalue weighted by Gasteiger charge is 2.09. The third-order valence-electron chi connectivity index (χ3n) is 2.96. The molecule has 2 rings (SSSR count). The lowest BCUT2D eigenvalue weighted by Gasteiger charge is -2.11. The summed E-state index contributed by atoms with van der Waals surface area (Å²) >= 11 is 0. The molecule has 0 radical (unpaired) electrons. The van der Waals surface area contributed by atoms with E-state index in [1.807, 2.05) is 19.1 Å². The van der Waals surface area contributed by atoms with E-state index >= 15 is 0 Å². The number of hydrogen-bond donors (Lipinski definition) is 0. The smallest absolute Gasteiger partial charge is 0.217 e. The van der Waals surface area contributed by atoms with Crippen LogP contribution in [0.4, 0.5) is 0 Å². The van der Waals surface area contributed by atoms with Crippen LogP contribution in [0.5, 0.6) is 11.6 Å². The average molecular weight is 229 g/mol. The van der Waals surface area contributed by atoms with Crippen LogP contribution in [0.2, 0.25) is 0 Å². The number of benzene rings is 1. The third kappa shape index (κ3) is 2.07. The second-order valence-electron chi connectivity index (χ2n) is 4.00. The minimum Gasteiger partial charge on any atom is -0.496 e. The third-order valence-corrected chi connectivity index (χ3v) is 2.96. The lowest BCUT2D eigenvalue weighted by molar-refractivity contribution is 0.325. The van der Waals surface area contributed by atoms with Crippen molar-refractivity contribution in [2.24, 2.45) is 0 Å². The van der Waals surface area contributed by atoms with E-state index in [-0.39, 0.29) is 0 Å². The van der Waals surface area contributed by atoms with Gasteiger partial charge in [0.15, 0.2) is 0 Å². The number of rotatable bonds is 3. The van der Waals surface area contributed by atoms with E-state index in [4.69, 9.17) is 9.47 Å². The topological polar surface area (TPSA) is 31.4 Å². The fourth-order valence-corrected chi connectivity index (χ4v) is 1.87. The van der Waals surface area contributed by atoms with E-state index in [1.165, 1.54) is 11.0 Å². The van der Waals surface area contributed by atoms with Crippen molar-refractivity contribution in [2.75, 3.05) is 13.7 Å². The molecule has 0 saturated carbocycles. The van der Waals surface area contributed by atoms with Crippen molar-refractivity contribution in [1.29, 1.82) is 0 Å². The Morgan fingerprint density at radius 3 is 2.76 bits per heavy atom. The highest BCUT2D eigenvalue weighted by atomic mass is 16.5. The van der Waals surface area contributed by atoms with Crippen molar-refractivity contribution in [1.82, 2.24) is 4.98 Å². The number of fused-ring (bicyclic) bond motifs is 1. The lowest BCUT2D eigenvalue weighted by atomic mass is 9.88. The van der Waals surface area contributed by atoms with Gasteiger partial charge in [0.25, 0.3) is 0 Å². The second-order valence-corrected chi connectivity index (χ2v) is 4.00. The Balaban J connectivity index is 2.73. The van der Waals surface area contributed by atoms with Crippen LogP contribution in [0.15, 0.2) is 18.2 Å². The van der Waals surface area contributed by atoms with E-state index < -0.39 is 0 Å². The molecule has 0 aliphatic rings. The van der Waals surface area contributed by atoms with Crippen molar-refractivity contribution < 1.29 is 9.47 Å². The summed E-state index contributed by atoms with van der Waals surface area (Å²) in [6.45, 7) is 4.63. The maximum Gasteiger partial charge on any atom is 0.217 e. The van der Waals surface area contributed by atoms with E-state index in [0.29, 0.717) is 12.5 Å². The van der Waals surface area contributed by atoms with E-state index in [1.54, 1.807) is 7.11 Å². The number of pyridine rings is 1. The molecule has 0 spiro atoms. The minimum absolute atomic E-state index is 0.604. The van der Waals surface area contributed by atoms with E-state index in [9.17, 15) is 0 Å². The predicted molar refractivity (Wildman–Crippen MR) is 72.4 cm³/mol. The first-order valence-electron chi connectivity index (χ1n) is 5.75. The quantitative estimate of drug-likeness (QED) is 0.741. The molecule has 1 aromatic carbocycles. The molecule has 17 heavy (non-hydrogen) atoms. The highest BCUT2D eigenvalue weighted by Crippen LogP contribution is 2.27. The summed E-state index contributed by atoms with van der Waals surface area (Å²) in [5, 5.41) is 1.03. The lowest BCUT2D eigenvalue weighted by Crippen LogP contribution is -2.11. The number of ether oxygens (including phenoxy) is 2. The molecule has 0 bridgehead atoms. The second kappa shape index (κ2) is 4.66. The maximum atomic E-state index is 5.46. The van der Waals surface area contributed by atoms with Crippen LogP contribution < -0.4 is 14.9 Å². The van der Waals surface area contributed by atoms with Gasteiger partial charge in [-0.15, -0.1) is 0 Å². The molecular weight excluding hydrogens is 213 g/mol. The van der Waals surface area contributed by atoms with Gasteiger partial charge in [0.05, 0.1) is 19.2 Å². The first-order valence-corrected chi connectivity index (χ1v) is 5.75. The summed E-state index contributed by atoms with van der Waals surface area (Å²) in [6, 6.07) is 5.96. The van der Waals surface area contributed by atoms with Gasteiger partial charge in [-0.1, -0.05) is 17.1 Å². The number of nitrogens with zero attached hydrogens (tertiary/aromatic N) is 1. The molecule has 3 nitrogen and oxygen atoms in total. The first kappa shape index (κ1) is 11.8. The Bertz CT molecular complexity index is 555. The molecule has 0 amide bonds. The summed E-state index contributed by atoms with van der Waals surface area (Å²) < 4.78 is 10.8. The van der Waals surface area contributed by atoms with Crippen molar-refractivity contribution >= 4 is 24.2 Å². The molecule has 0 saturated heterocycles. The zero-order valence-corrected chi connectivity index (χ0v) is 10.7. The largest absolute Gasteiger partial charge is 0.496 e. The molecule has 0 unspecified atom stereocenters. The number of aryl methyl sites for hydroxylation is 1. The van der Waals surface area contributed by atoms with Crippen molar-refractivity contribution in [3.05, 3.63) is 23.8 Å². The van der Waals surface area contributed by atoms with Crippen LogP contribution in [0.25, 0.3) is 10.9 Å². The fourth-order valence-electron chi connectivity index (χ4n) is 1.87. The molecule has 0 fully saturated rings. The molecule has 4 heteroatoms. The number of aromatic nitrogens is 1. The average Bonchev–Trinajstić information content (AvgIpc) is 2.34. The summed E-state index contributed by atoms with van der Waals surface area (Å²) in [7, 11) is 3.74. The molecular formula is C13H16BNO2. The summed E-state index contributed by atoms with van der Waals surface area (Å²) in [5.41, 5.74) is 3.34. The first-order chi connectivity index (χ1) is 8.17. The van der Waals surface area contributed by atoms with Gasteiger partial charge < -0.3 is 9.47 Å². The molecule has 0 N–H and O–H groups in total. The van der Waals surface area contributed by atoms with Gasteiger partial charge in [-0.25, -0.2) is 4.98 Å². The summed E-state index contributed by atoms with van der Waals surface area (Å²) in [5.74, 6) is 1.42. The van der Waals surface area contributed by atoms with Gasteiger partial charge in [-0.2, -0.15) is 0 Å².